The highest BCUT2D eigenvalue weighted by Gasteiger charge is 2.22. The number of nitrogens with zero attached hydrogens (tertiary/aromatic N) is 2. The number of para-hydroxylation sites is 1. The first-order valence-corrected chi connectivity index (χ1v) is 7.18. The molecule has 1 atom stereocenters. The van der Waals surface area contributed by atoms with Crippen LogP contribution in [0.1, 0.15) is 29.3 Å². The highest BCUT2D eigenvalue weighted by molar-refractivity contribution is 7.05. The van der Waals surface area contributed by atoms with Crippen molar-refractivity contribution < 1.29 is 8.81 Å². The van der Waals surface area contributed by atoms with E-state index in [0.29, 0.717) is 11.3 Å². The first kappa shape index (κ1) is 13.2. The summed E-state index contributed by atoms with van der Waals surface area (Å²) in [5.74, 6) is 0.337. The van der Waals surface area contributed by atoms with Crippen LogP contribution < -0.4 is 5.32 Å². The lowest BCUT2D eigenvalue weighted by molar-refractivity contribution is 0.467. The monoisotopic (exact) mass is 291 g/mol. The van der Waals surface area contributed by atoms with Crippen molar-refractivity contribution in [3.05, 3.63) is 46.4 Å². The lowest BCUT2D eigenvalue weighted by Crippen LogP contribution is -2.21. The largest absolute Gasteiger partial charge is 0.456 e. The van der Waals surface area contributed by atoms with E-state index in [2.05, 4.69) is 14.9 Å². The van der Waals surface area contributed by atoms with Gasteiger partial charge in [0.1, 0.15) is 11.8 Å². The Labute approximate surface area is 119 Å². The Hall–Kier alpha value is -1.79. The summed E-state index contributed by atoms with van der Waals surface area (Å²) >= 11 is 1.33. The van der Waals surface area contributed by atoms with Gasteiger partial charge < -0.3 is 9.73 Å². The molecule has 0 amide bonds. The minimum absolute atomic E-state index is 0.146. The number of benzene rings is 1. The van der Waals surface area contributed by atoms with E-state index in [1.165, 1.54) is 17.6 Å². The molecule has 2 aromatic heterocycles. The lowest BCUT2D eigenvalue weighted by Gasteiger charge is -2.13. The third-order valence-corrected chi connectivity index (χ3v) is 4.05. The van der Waals surface area contributed by atoms with E-state index in [4.69, 9.17) is 4.42 Å². The second-order valence-corrected chi connectivity index (χ2v) is 5.31. The number of halogens is 1. The molecule has 0 radical (unpaired) electrons. The van der Waals surface area contributed by atoms with Crippen LogP contribution in [0.25, 0.3) is 11.0 Å². The predicted octanol–water partition coefficient (Wildman–Crippen LogP) is 3.43. The van der Waals surface area contributed by atoms with E-state index >= 15 is 0 Å². The topological polar surface area (TPSA) is 51.0 Å². The van der Waals surface area contributed by atoms with Gasteiger partial charge in [-0.3, -0.25) is 0 Å². The molecule has 0 saturated heterocycles. The fraction of sp³-hybridized carbons (Fsp3) is 0.286. The average molecular weight is 291 g/mol. The lowest BCUT2D eigenvalue weighted by atomic mass is 10.1. The summed E-state index contributed by atoms with van der Waals surface area (Å²) in [6, 6.07) is 6.64. The van der Waals surface area contributed by atoms with Crippen LogP contribution in [-0.4, -0.2) is 16.1 Å². The van der Waals surface area contributed by atoms with Crippen LogP contribution in [0.3, 0.4) is 0 Å². The summed E-state index contributed by atoms with van der Waals surface area (Å²) in [5, 5.41) is 8.13. The fourth-order valence-corrected chi connectivity index (χ4v) is 2.95. The summed E-state index contributed by atoms with van der Waals surface area (Å²) < 4.78 is 23.4. The van der Waals surface area contributed by atoms with E-state index in [1.54, 1.807) is 6.07 Å². The number of rotatable bonds is 4. The van der Waals surface area contributed by atoms with Crippen LogP contribution in [0.4, 0.5) is 4.39 Å². The van der Waals surface area contributed by atoms with Gasteiger partial charge in [-0.25, -0.2) is 4.39 Å². The van der Waals surface area contributed by atoms with Gasteiger partial charge in [0.05, 0.1) is 10.6 Å². The molecule has 0 aliphatic carbocycles. The molecule has 3 aromatic rings. The zero-order valence-electron chi connectivity index (χ0n) is 11.2. The fourth-order valence-electron chi connectivity index (χ4n) is 2.22. The highest BCUT2D eigenvalue weighted by atomic mass is 32.1. The van der Waals surface area contributed by atoms with E-state index in [9.17, 15) is 4.39 Å². The molecule has 6 heteroatoms. The van der Waals surface area contributed by atoms with Crippen LogP contribution in [0, 0.1) is 12.7 Å². The van der Waals surface area contributed by atoms with Crippen LogP contribution in [0.5, 0.6) is 0 Å². The third-order valence-electron chi connectivity index (χ3n) is 3.16. The molecule has 1 N–H and O–H groups in total. The zero-order chi connectivity index (χ0) is 14.1. The summed E-state index contributed by atoms with van der Waals surface area (Å²) in [7, 11) is 0. The van der Waals surface area contributed by atoms with Gasteiger partial charge in [0.25, 0.3) is 0 Å². The van der Waals surface area contributed by atoms with Gasteiger partial charge in [-0.2, -0.15) is 0 Å². The molecule has 4 nitrogen and oxygen atoms in total. The number of aryl methyl sites for hydroxylation is 1. The molecule has 0 aliphatic heterocycles. The Bertz CT molecular complexity index is 737. The quantitative estimate of drug-likeness (QED) is 0.800. The van der Waals surface area contributed by atoms with Gasteiger partial charge in [-0.15, -0.1) is 5.10 Å². The smallest absolute Gasteiger partial charge is 0.169 e. The second-order valence-electron chi connectivity index (χ2n) is 4.52. The molecule has 0 spiro atoms. The third kappa shape index (κ3) is 2.21. The number of nitrogens with one attached hydrogen (secondary N) is 1. The Morgan fingerprint density at radius 1 is 1.45 bits per heavy atom. The highest BCUT2D eigenvalue weighted by Crippen LogP contribution is 2.31. The second kappa shape index (κ2) is 5.30. The summed E-state index contributed by atoms with van der Waals surface area (Å²) in [4.78, 5) is 0.992. The van der Waals surface area contributed by atoms with Crippen LogP contribution in [-0.2, 0) is 0 Å². The van der Waals surface area contributed by atoms with Crippen molar-refractivity contribution in [1.82, 2.24) is 14.9 Å². The molecule has 2 heterocycles. The Balaban J connectivity index is 2.10. The minimum Gasteiger partial charge on any atom is -0.456 e. The SMILES string of the molecule is CCNC(c1cc2cccc(F)c2o1)c1snnc1C. The standard InChI is InChI=1S/C14H14FN3OS/c1-3-16-12(14-8(2)17-18-20-14)11-7-9-5-4-6-10(15)13(9)19-11/h4-7,12,16H,3H2,1-2H3. The predicted molar refractivity (Wildman–Crippen MR) is 76.3 cm³/mol. The maximum atomic E-state index is 13.7. The van der Waals surface area contributed by atoms with E-state index in [0.717, 1.165) is 22.5 Å². The maximum absolute atomic E-state index is 13.7. The van der Waals surface area contributed by atoms with Crippen LogP contribution >= 0.6 is 11.5 Å². The van der Waals surface area contributed by atoms with E-state index in [-0.39, 0.29) is 11.9 Å². The molecule has 0 aliphatic rings. The molecule has 0 bridgehead atoms. The Morgan fingerprint density at radius 2 is 2.30 bits per heavy atom. The molecule has 20 heavy (non-hydrogen) atoms. The van der Waals surface area contributed by atoms with Gasteiger partial charge in [0.2, 0.25) is 0 Å². The van der Waals surface area contributed by atoms with Crippen molar-refractivity contribution in [3.63, 3.8) is 0 Å². The number of fused-ring (bicyclic) bond motifs is 1. The van der Waals surface area contributed by atoms with Crippen molar-refractivity contribution >= 4 is 22.5 Å². The van der Waals surface area contributed by atoms with Crippen molar-refractivity contribution in [3.8, 4) is 0 Å². The molecule has 0 saturated carbocycles. The van der Waals surface area contributed by atoms with Crippen molar-refractivity contribution in [2.45, 2.75) is 19.9 Å². The van der Waals surface area contributed by atoms with Crippen molar-refractivity contribution in [2.24, 2.45) is 0 Å². The summed E-state index contributed by atoms with van der Waals surface area (Å²) in [6.07, 6.45) is 0. The van der Waals surface area contributed by atoms with Crippen molar-refractivity contribution in [2.75, 3.05) is 6.54 Å². The van der Waals surface area contributed by atoms with E-state index < -0.39 is 0 Å². The number of aromatic nitrogens is 2. The first-order valence-electron chi connectivity index (χ1n) is 6.41. The maximum Gasteiger partial charge on any atom is 0.169 e. The summed E-state index contributed by atoms with van der Waals surface area (Å²) in [5.41, 5.74) is 1.16. The molecule has 1 unspecified atom stereocenters. The number of hydrogen-bond acceptors (Lipinski definition) is 5. The van der Waals surface area contributed by atoms with Gasteiger partial charge in [0, 0.05) is 5.39 Å². The van der Waals surface area contributed by atoms with Gasteiger partial charge in [-0.1, -0.05) is 23.5 Å². The van der Waals surface area contributed by atoms with Gasteiger partial charge in [-0.05, 0) is 37.1 Å². The Kier molecular flexibility index (Phi) is 3.50. The molecular weight excluding hydrogens is 277 g/mol. The average Bonchev–Trinajstić information content (AvgIpc) is 3.03. The zero-order valence-corrected chi connectivity index (χ0v) is 12.0. The Morgan fingerprint density at radius 3 is 2.95 bits per heavy atom. The molecular formula is C14H14FN3OS. The number of furan rings is 1. The first-order chi connectivity index (χ1) is 9.70. The van der Waals surface area contributed by atoms with Gasteiger partial charge >= 0.3 is 0 Å². The minimum atomic E-state index is -0.344. The molecule has 3 rings (SSSR count). The van der Waals surface area contributed by atoms with Crippen molar-refractivity contribution in [1.29, 1.82) is 0 Å². The normalized spacial score (nSPS) is 12.9. The molecule has 1 aromatic carbocycles. The van der Waals surface area contributed by atoms with E-state index in [1.807, 2.05) is 26.0 Å². The summed E-state index contributed by atoms with van der Waals surface area (Å²) in [6.45, 7) is 4.69. The van der Waals surface area contributed by atoms with Gasteiger partial charge in [0.15, 0.2) is 11.4 Å². The molecule has 104 valence electrons. The molecule has 0 fully saturated rings. The number of hydrogen-bond donors (Lipinski definition) is 1. The van der Waals surface area contributed by atoms with Crippen LogP contribution in [0.2, 0.25) is 0 Å². The van der Waals surface area contributed by atoms with Crippen LogP contribution in [0.15, 0.2) is 28.7 Å².